The van der Waals surface area contributed by atoms with Crippen molar-refractivity contribution in [1.82, 2.24) is 0 Å². The van der Waals surface area contributed by atoms with E-state index in [0.717, 1.165) is 24.2 Å². The minimum absolute atomic E-state index is 0.0634. The van der Waals surface area contributed by atoms with Crippen molar-refractivity contribution in [2.24, 2.45) is 0 Å². The summed E-state index contributed by atoms with van der Waals surface area (Å²) < 4.78 is 5.94. The van der Waals surface area contributed by atoms with Crippen LogP contribution in [-0.4, -0.2) is 12.5 Å². The maximum Gasteiger partial charge on any atom is 0.262 e. The second-order valence-electron chi connectivity index (χ2n) is 8.68. The average Bonchev–Trinajstić information content (AvgIpc) is 2.65. The van der Waals surface area contributed by atoms with Gasteiger partial charge in [0.25, 0.3) is 5.91 Å². The fraction of sp³-hybridized carbons (Fsp3) is 0.458. The average molecular weight is 436 g/mol. The molecular formula is C24H31Cl2NO2. The number of ether oxygens (including phenoxy) is 1. The van der Waals surface area contributed by atoms with Crippen LogP contribution in [0.25, 0.3) is 0 Å². The molecule has 0 aliphatic carbocycles. The molecule has 1 N–H and O–H groups in total. The van der Waals surface area contributed by atoms with Gasteiger partial charge in [0, 0.05) is 21.3 Å². The van der Waals surface area contributed by atoms with E-state index in [0.29, 0.717) is 15.7 Å². The van der Waals surface area contributed by atoms with E-state index in [4.69, 9.17) is 27.9 Å². The van der Waals surface area contributed by atoms with Gasteiger partial charge in [-0.05, 0) is 53.5 Å². The number of rotatable bonds is 8. The van der Waals surface area contributed by atoms with E-state index in [1.54, 1.807) is 18.2 Å². The van der Waals surface area contributed by atoms with Crippen LogP contribution in [0.1, 0.15) is 65.5 Å². The number of halogens is 2. The molecule has 0 aromatic heterocycles. The highest BCUT2D eigenvalue weighted by molar-refractivity contribution is 6.35. The van der Waals surface area contributed by atoms with Crippen molar-refractivity contribution < 1.29 is 9.53 Å². The number of hydrogen-bond acceptors (Lipinski definition) is 2. The van der Waals surface area contributed by atoms with Gasteiger partial charge < -0.3 is 10.1 Å². The van der Waals surface area contributed by atoms with Crippen molar-refractivity contribution in [3.8, 4) is 5.75 Å². The van der Waals surface area contributed by atoms with E-state index in [-0.39, 0.29) is 23.3 Å². The molecular weight excluding hydrogens is 405 g/mol. The first-order chi connectivity index (χ1) is 13.5. The van der Waals surface area contributed by atoms with Crippen molar-refractivity contribution >= 4 is 34.8 Å². The van der Waals surface area contributed by atoms with Gasteiger partial charge >= 0.3 is 0 Å². The Balaban J connectivity index is 2.21. The van der Waals surface area contributed by atoms with Gasteiger partial charge in [0.2, 0.25) is 0 Å². The summed E-state index contributed by atoms with van der Waals surface area (Å²) in [6.45, 7) is 13.2. The lowest BCUT2D eigenvalue weighted by atomic mass is 9.76. The largest absolute Gasteiger partial charge is 0.483 e. The Morgan fingerprint density at radius 1 is 0.931 bits per heavy atom. The van der Waals surface area contributed by atoms with Crippen molar-refractivity contribution in [3.05, 3.63) is 57.6 Å². The maximum atomic E-state index is 12.4. The molecule has 0 aliphatic rings. The van der Waals surface area contributed by atoms with Crippen molar-refractivity contribution in [1.29, 1.82) is 0 Å². The number of hydrogen-bond donors (Lipinski definition) is 1. The van der Waals surface area contributed by atoms with Gasteiger partial charge in [0.1, 0.15) is 5.75 Å². The quantitative estimate of drug-likeness (QED) is 0.469. The maximum absolute atomic E-state index is 12.4. The van der Waals surface area contributed by atoms with Gasteiger partial charge in [-0.1, -0.05) is 76.9 Å². The van der Waals surface area contributed by atoms with Crippen LogP contribution in [0.4, 0.5) is 5.69 Å². The third-order valence-corrected chi connectivity index (χ3v) is 6.20. The molecule has 0 heterocycles. The molecule has 2 aromatic carbocycles. The molecule has 29 heavy (non-hydrogen) atoms. The van der Waals surface area contributed by atoms with E-state index in [1.807, 2.05) is 6.07 Å². The zero-order chi connectivity index (χ0) is 21.8. The molecule has 158 valence electrons. The van der Waals surface area contributed by atoms with Crippen LogP contribution in [0.15, 0.2) is 36.4 Å². The van der Waals surface area contributed by atoms with Crippen LogP contribution in [0.5, 0.6) is 5.75 Å². The summed E-state index contributed by atoms with van der Waals surface area (Å²) in [5.74, 6) is 0.480. The molecule has 0 aliphatic heterocycles. The zero-order valence-corrected chi connectivity index (χ0v) is 19.7. The van der Waals surface area contributed by atoms with Crippen LogP contribution in [-0.2, 0) is 15.6 Å². The lowest BCUT2D eigenvalue weighted by Crippen LogP contribution is -2.24. The summed E-state index contributed by atoms with van der Waals surface area (Å²) in [6.07, 6.45) is 2.01. The molecule has 0 saturated carbocycles. The zero-order valence-electron chi connectivity index (χ0n) is 18.2. The summed E-state index contributed by atoms with van der Waals surface area (Å²) >= 11 is 12.0. The van der Waals surface area contributed by atoms with Gasteiger partial charge in [-0.25, -0.2) is 0 Å². The highest BCUT2D eigenvalue weighted by Crippen LogP contribution is 2.38. The predicted molar refractivity (Wildman–Crippen MR) is 124 cm³/mol. The van der Waals surface area contributed by atoms with Gasteiger partial charge in [0.15, 0.2) is 6.61 Å². The molecule has 3 nitrogen and oxygen atoms in total. The van der Waals surface area contributed by atoms with E-state index in [9.17, 15) is 4.79 Å². The fourth-order valence-electron chi connectivity index (χ4n) is 2.97. The van der Waals surface area contributed by atoms with Gasteiger partial charge in [-0.15, -0.1) is 0 Å². The third kappa shape index (κ3) is 6.13. The Bertz CT molecular complexity index is 855. The number of anilines is 1. The molecule has 0 saturated heterocycles. The molecule has 1 amide bonds. The second kappa shape index (κ2) is 9.40. The van der Waals surface area contributed by atoms with E-state index >= 15 is 0 Å². The molecule has 0 unspecified atom stereocenters. The summed E-state index contributed by atoms with van der Waals surface area (Å²) in [7, 11) is 0. The number of benzene rings is 2. The highest BCUT2D eigenvalue weighted by Gasteiger charge is 2.26. The third-order valence-electron chi connectivity index (χ3n) is 5.76. The monoisotopic (exact) mass is 435 g/mol. The number of carbonyl (C=O) groups is 1. The number of amides is 1. The highest BCUT2D eigenvalue weighted by atomic mass is 35.5. The normalized spacial score (nSPS) is 12.0. The lowest BCUT2D eigenvalue weighted by molar-refractivity contribution is -0.118. The van der Waals surface area contributed by atoms with Crippen molar-refractivity contribution in [2.75, 3.05) is 11.9 Å². The summed E-state index contributed by atoms with van der Waals surface area (Å²) in [5, 5.41) is 3.71. The molecule has 0 bridgehead atoms. The first-order valence-electron chi connectivity index (χ1n) is 10.0. The standard InChI is InChI=1S/C24H31Cl2NO2/c1-7-23(3,4)16-9-10-21(20(11-16)24(5,6)8-2)29-15-22(28)27-19-13-17(25)12-18(26)14-19/h9-14H,7-8,15H2,1-6H3,(H,27,28). The molecule has 2 rings (SSSR count). The lowest BCUT2D eigenvalue weighted by Gasteiger charge is -2.30. The predicted octanol–water partition coefficient (Wildman–Crippen LogP) is 7.39. The number of carbonyl (C=O) groups excluding carboxylic acids is 1. The Labute approximate surface area is 184 Å². The summed E-state index contributed by atoms with van der Waals surface area (Å²) in [6, 6.07) is 11.2. The van der Waals surface area contributed by atoms with E-state index in [2.05, 4.69) is 59.0 Å². The smallest absolute Gasteiger partial charge is 0.262 e. The Hall–Kier alpha value is -1.71. The molecule has 0 atom stereocenters. The molecule has 5 heteroatoms. The molecule has 2 aromatic rings. The minimum Gasteiger partial charge on any atom is -0.483 e. The van der Waals surface area contributed by atoms with Crippen LogP contribution in [0, 0.1) is 0 Å². The van der Waals surface area contributed by atoms with Crippen LogP contribution >= 0.6 is 23.2 Å². The summed E-state index contributed by atoms with van der Waals surface area (Å²) in [4.78, 5) is 12.4. The topological polar surface area (TPSA) is 38.3 Å². The second-order valence-corrected chi connectivity index (χ2v) is 9.55. The van der Waals surface area contributed by atoms with Crippen LogP contribution in [0.2, 0.25) is 10.0 Å². The Morgan fingerprint density at radius 2 is 1.52 bits per heavy atom. The first kappa shape index (κ1) is 23.6. The van der Waals surface area contributed by atoms with Gasteiger partial charge in [-0.3, -0.25) is 4.79 Å². The Kier molecular flexibility index (Phi) is 7.64. The molecule has 0 fully saturated rings. The number of nitrogens with one attached hydrogen (secondary N) is 1. The molecule has 0 spiro atoms. The van der Waals surface area contributed by atoms with Crippen molar-refractivity contribution in [3.63, 3.8) is 0 Å². The van der Waals surface area contributed by atoms with Crippen molar-refractivity contribution in [2.45, 2.75) is 65.2 Å². The Morgan fingerprint density at radius 3 is 2.07 bits per heavy atom. The SMILES string of the molecule is CCC(C)(C)c1ccc(OCC(=O)Nc2cc(Cl)cc(Cl)c2)c(C(C)(C)CC)c1. The fourth-order valence-corrected chi connectivity index (χ4v) is 3.49. The van der Waals surface area contributed by atoms with Gasteiger partial charge in [-0.2, -0.15) is 0 Å². The van der Waals surface area contributed by atoms with Gasteiger partial charge in [0.05, 0.1) is 0 Å². The first-order valence-corrected chi connectivity index (χ1v) is 10.8. The summed E-state index contributed by atoms with van der Waals surface area (Å²) in [5.41, 5.74) is 2.97. The van der Waals surface area contributed by atoms with E-state index < -0.39 is 0 Å². The van der Waals surface area contributed by atoms with Crippen LogP contribution < -0.4 is 10.1 Å². The molecule has 0 radical (unpaired) electrons. The minimum atomic E-state index is -0.262. The van der Waals surface area contributed by atoms with E-state index in [1.165, 1.54) is 5.56 Å². The van der Waals surface area contributed by atoms with Crippen LogP contribution in [0.3, 0.4) is 0 Å².